The van der Waals surface area contributed by atoms with E-state index in [0.29, 0.717) is 21.7 Å². The van der Waals surface area contributed by atoms with Crippen molar-refractivity contribution in [1.29, 1.82) is 0 Å². The summed E-state index contributed by atoms with van der Waals surface area (Å²) in [5.41, 5.74) is 1.73. The van der Waals surface area contributed by atoms with Gasteiger partial charge in [-0.15, -0.1) is 0 Å². The molecule has 0 bridgehead atoms. The summed E-state index contributed by atoms with van der Waals surface area (Å²) in [7, 11) is 0. The van der Waals surface area contributed by atoms with Gasteiger partial charge in [0.2, 0.25) is 0 Å². The van der Waals surface area contributed by atoms with Crippen molar-refractivity contribution in [3.8, 4) is 0 Å². The van der Waals surface area contributed by atoms with Crippen LogP contribution in [0.5, 0.6) is 0 Å². The minimum atomic E-state index is -1.02. The number of benzene rings is 2. The van der Waals surface area contributed by atoms with E-state index in [9.17, 15) is 9.59 Å². The average molecular weight is 356 g/mol. The predicted molar refractivity (Wildman–Crippen MR) is 94.5 cm³/mol. The van der Waals surface area contributed by atoms with Gasteiger partial charge in [0.05, 0.1) is 27.9 Å². The van der Waals surface area contributed by atoms with E-state index in [1.165, 1.54) is 13.1 Å². The molecule has 25 heavy (non-hydrogen) atoms. The van der Waals surface area contributed by atoms with E-state index >= 15 is 0 Å². The first-order valence-corrected chi connectivity index (χ1v) is 7.90. The minimum Gasteiger partial charge on any atom is -0.448 e. The van der Waals surface area contributed by atoms with Crippen molar-refractivity contribution in [3.05, 3.63) is 65.4 Å². The number of carbonyl (C=O) groups is 2. The van der Waals surface area contributed by atoms with Crippen LogP contribution in [-0.4, -0.2) is 27.9 Å². The fourth-order valence-corrected chi connectivity index (χ4v) is 2.31. The molecule has 126 valence electrons. The number of aromatic nitrogens is 2. The highest BCUT2D eigenvalue weighted by atomic mass is 35.5. The van der Waals surface area contributed by atoms with Crippen LogP contribution >= 0.6 is 11.6 Å². The summed E-state index contributed by atoms with van der Waals surface area (Å²) >= 11 is 5.99. The molecule has 0 aliphatic carbocycles. The maximum absolute atomic E-state index is 12.2. The number of anilines is 1. The second-order valence-electron chi connectivity index (χ2n) is 5.26. The smallest absolute Gasteiger partial charge is 0.359 e. The Labute approximate surface area is 148 Å². The molecule has 3 aromatic rings. The lowest BCUT2D eigenvalue weighted by Crippen LogP contribution is -2.30. The van der Waals surface area contributed by atoms with E-state index in [0.717, 1.165) is 0 Å². The lowest BCUT2D eigenvalue weighted by atomic mass is 10.3. The molecule has 1 unspecified atom stereocenters. The highest BCUT2D eigenvalue weighted by Gasteiger charge is 2.21. The Morgan fingerprint density at radius 3 is 2.52 bits per heavy atom. The largest absolute Gasteiger partial charge is 0.448 e. The summed E-state index contributed by atoms with van der Waals surface area (Å²) in [6.07, 6.45) is 0.306. The van der Waals surface area contributed by atoms with Gasteiger partial charge in [-0.05, 0) is 31.2 Å². The normalized spacial score (nSPS) is 11.8. The zero-order chi connectivity index (χ0) is 17.8. The lowest BCUT2D eigenvalue weighted by Gasteiger charge is -2.14. The number of ether oxygens (including phenoxy) is 1. The molecule has 1 N–H and O–H groups in total. The van der Waals surface area contributed by atoms with Crippen LogP contribution in [0.3, 0.4) is 0 Å². The first-order chi connectivity index (χ1) is 12.0. The molecule has 0 saturated carbocycles. The Bertz CT molecular complexity index is 946. The number of hydrogen-bond acceptors (Lipinski definition) is 5. The maximum Gasteiger partial charge on any atom is 0.359 e. The standard InChI is InChI=1S/C18H14ClN3O3/c1-11(17(23)22-13-7-3-2-6-12(13)19)25-18(24)16-10-20-14-8-4-5-9-15(14)21-16/h2-11H,1H3,(H,22,23). The second-order valence-corrected chi connectivity index (χ2v) is 5.67. The quantitative estimate of drug-likeness (QED) is 0.725. The first kappa shape index (κ1) is 16.9. The van der Waals surface area contributed by atoms with E-state index in [1.54, 1.807) is 42.5 Å². The van der Waals surface area contributed by atoms with Gasteiger partial charge < -0.3 is 10.1 Å². The van der Waals surface area contributed by atoms with E-state index in [-0.39, 0.29) is 5.69 Å². The van der Waals surface area contributed by atoms with Crippen molar-refractivity contribution in [2.75, 3.05) is 5.32 Å². The van der Waals surface area contributed by atoms with Crippen molar-refractivity contribution < 1.29 is 14.3 Å². The van der Waals surface area contributed by atoms with Crippen molar-refractivity contribution in [2.45, 2.75) is 13.0 Å². The fraction of sp³-hybridized carbons (Fsp3) is 0.111. The summed E-state index contributed by atoms with van der Waals surface area (Å²) < 4.78 is 5.16. The Morgan fingerprint density at radius 2 is 1.76 bits per heavy atom. The van der Waals surface area contributed by atoms with E-state index in [1.807, 2.05) is 6.07 Å². The predicted octanol–water partition coefficient (Wildman–Crippen LogP) is 3.47. The van der Waals surface area contributed by atoms with Crippen molar-refractivity contribution >= 4 is 40.2 Å². The summed E-state index contributed by atoms with van der Waals surface area (Å²) in [5, 5.41) is 3.01. The third kappa shape index (κ3) is 3.92. The topological polar surface area (TPSA) is 81.2 Å². The SMILES string of the molecule is CC(OC(=O)c1cnc2ccccc2n1)C(=O)Nc1ccccc1Cl. The maximum atomic E-state index is 12.2. The number of nitrogens with zero attached hydrogens (tertiary/aromatic N) is 2. The molecule has 0 spiro atoms. The van der Waals surface area contributed by atoms with Crippen LogP contribution in [0.2, 0.25) is 5.02 Å². The van der Waals surface area contributed by atoms with Gasteiger partial charge in [-0.25, -0.2) is 9.78 Å². The Hall–Kier alpha value is -2.99. The third-order valence-corrected chi connectivity index (χ3v) is 3.77. The van der Waals surface area contributed by atoms with Crippen LogP contribution in [0, 0.1) is 0 Å². The Morgan fingerprint density at radius 1 is 1.08 bits per heavy atom. The van der Waals surface area contributed by atoms with Crippen molar-refractivity contribution in [3.63, 3.8) is 0 Å². The first-order valence-electron chi connectivity index (χ1n) is 7.53. The second kappa shape index (κ2) is 7.27. The summed E-state index contributed by atoms with van der Waals surface area (Å²) in [6.45, 7) is 1.47. The molecule has 6 nitrogen and oxygen atoms in total. The molecular formula is C18H14ClN3O3. The van der Waals surface area contributed by atoms with Gasteiger partial charge >= 0.3 is 5.97 Å². The van der Waals surface area contributed by atoms with Crippen LogP contribution in [0.15, 0.2) is 54.7 Å². The molecule has 0 saturated heterocycles. The fourth-order valence-electron chi connectivity index (χ4n) is 2.13. The molecule has 1 amide bonds. The highest BCUT2D eigenvalue weighted by molar-refractivity contribution is 6.33. The zero-order valence-electron chi connectivity index (χ0n) is 13.3. The van der Waals surface area contributed by atoms with Crippen LogP contribution in [-0.2, 0) is 9.53 Å². The van der Waals surface area contributed by atoms with Gasteiger partial charge in [0.15, 0.2) is 11.8 Å². The number of halogens is 1. The lowest BCUT2D eigenvalue weighted by molar-refractivity contribution is -0.123. The number of fused-ring (bicyclic) bond motifs is 1. The number of amides is 1. The van der Waals surface area contributed by atoms with Crippen LogP contribution in [0.1, 0.15) is 17.4 Å². The third-order valence-electron chi connectivity index (χ3n) is 3.44. The van der Waals surface area contributed by atoms with Gasteiger partial charge in [-0.3, -0.25) is 9.78 Å². The van der Waals surface area contributed by atoms with Gasteiger partial charge in [0, 0.05) is 0 Å². The molecule has 0 radical (unpaired) electrons. The van der Waals surface area contributed by atoms with Gasteiger partial charge in [0.25, 0.3) is 5.91 Å². The van der Waals surface area contributed by atoms with Gasteiger partial charge in [-0.1, -0.05) is 35.9 Å². The van der Waals surface area contributed by atoms with Crippen LogP contribution in [0.25, 0.3) is 11.0 Å². The molecule has 2 aromatic carbocycles. The minimum absolute atomic E-state index is 0.0380. The molecule has 1 heterocycles. The van der Waals surface area contributed by atoms with E-state index < -0.39 is 18.0 Å². The summed E-state index contributed by atoms with van der Waals surface area (Å²) in [5.74, 6) is -1.21. The molecule has 1 aromatic heterocycles. The van der Waals surface area contributed by atoms with Gasteiger partial charge in [0.1, 0.15) is 0 Å². The average Bonchev–Trinajstić information content (AvgIpc) is 2.63. The van der Waals surface area contributed by atoms with Crippen LogP contribution < -0.4 is 5.32 Å². The molecule has 3 rings (SSSR count). The van der Waals surface area contributed by atoms with Crippen molar-refractivity contribution in [2.24, 2.45) is 0 Å². The Balaban J connectivity index is 1.68. The van der Waals surface area contributed by atoms with Gasteiger partial charge in [-0.2, -0.15) is 0 Å². The summed E-state index contributed by atoms with van der Waals surface area (Å²) in [4.78, 5) is 32.7. The molecular weight excluding hydrogens is 342 g/mol. The molecule has 1 atom stereocenters. The van der Waals surface area contributed by atoms with Crippen molar-refractivity contribution in [1.82, 2.24) is 9.97 Å². The number of carbonyl (C=O) groups excluding carboxylic acids is 2. The molecule has 0 aliphatic heterocycles. The number of esters is 1. The monoisotopic (exact) mass is 355 g/mol. The zero-order valence-corrected chi connectivity index (χ0v) is 14.0. The number of rotatable bonds is 4. The molecule has 0 aliphatic rings. The summed E-state index contributed by atoms with van der Waals surface area (Å²) in [6, 6.07) is 14.0. The molecule has 7 heteroatoms. The number of hydrogen-bond donors (Lipinski definition) is 1. The number of nitrogens with one attached hydrogen (secondary N) is 1. The Kier molecular flexibility index (Phi) is 4.90. The molecule has 0 fully saturated rings. The van der Waals surface area contributed by atoms with E-state index in [2.05, 4.69) is 15.3 Å². The van der Waals surface area contributed by atoms with E-state index in [4.69, 9.17) is 16.3 Å². The highest BCUT2D eigenvalue weighted by Crippen LogP contribution is 2.20. The number of para-hydroxylation sites is 3. The van der Waals surface area contributed by atoms with Crippen LogP contribution in [0.4, 0.5) is 5.69 Å².